The fourth-order valence-electron chi connectivity index (χ4n) is 1.46. The lowest BCUT2D eigenvalue weighted by Gasteiger charge is -2.26. The smallest absolute Gasteiger partial charge is 0.324 e. The SMILES string of the molecule is CC(C)(C)C(N)C(=O)Nc1ccc(Br)cc1C(F)(F)F. The normalized spacial score (nSPS) is 14.0. The van der Waals surface area contributed by atoms with E-state index in [1.807, 2.05) is 0 Å². The Bertz CT molecular complexity index is 509. The number of amides is 1. The van der Waals surface area contributed by atoms with Crippen LogP contribution < -0.4 is 11.1 Å². The third-order valence-corrected chi connectivity index (χ3v) is 3.25. The molecule has 1 rings (SSSR count). The van der Waals surface area contributed by atoms with Crippen molar-refractivity contribution in [1.82, 2.24) is 0 Å². The zero-order valence-corrected chi connectivity index (χ0v) is 12.9. The summed E-state index contributed by atoms with van der Waals surface area (Å²) in [4.78, 5) is 11.9. The number of anilines is 1. The van der Waals surface area contributed by atoms with Gasteiger partial charge in [0.2, 0.25) is 5.91 Å². The van der Waals surface area contributed by atoms with Crippen molar-refractivity contribution in [2.75, 3.05) is 5.32 Å². The van der Waals surface area contributed by atoms with Crippen molar-refractivity contribution in [2.45, 2.75) is 33.0 Å². The molecule has 0 bridgehead atoms. The van der Waals surface area contributed by atoms with Crippen molar-refractivity contribution in [3.63, 3.8) is 0 Å². The van der Waals surface area contributed by atoms with Crippen LogP contribution in [0.5, 0.6) is 0 Å². The Hall–Kier alpha value is -1.08. The van der Waals surface area contributed by atoms with E-state index in [9.17, 15) is 18.0 Å². The lowest BCUT2D eigenvalue weighted by Crippen LogP contribution is -2.45. The molecular weight excluding hydrogens is 337 g/mol. The molecule has 0 aliphatic carbocycles. The van der Waals surface area contributed by atoms with E-state index >= 15 is 0 Å². The van der Waals surface area contributed by atoms with Crippen LogP contribution in [0.4, 0.5) is 18.9 Å². The minimum Gasteiger partial charge on any atom is -0.324 e. The summed E-state index contributed by atoms with van der Waals surface area (Å²) in [6, 6.07) is 2.62. The van der Waals surface area contributed by atoms with Crippen LogP contribution in [-0.4, -0.2) is 11.9 Å². The summed E-state index contributed by atoms with van der Waals surface area (Å²) < 4.78 is 39.0. The molecule has 20 heavy (non-hydrogen) atoms. The second kappa shape index (κ2) is 5.73. The molecule has 1 aromatic carbocycles. The molecule has 0 fully saturated rings. The molecule has 1 amide bonds. The Balaban J connectivity index is 3.08. The number of hydrogen-bond acceptors (Lipinski definition) is 2. The van der Waals surface area contributed by atoms with E-state index in [4.69, 9.17) is 5.73 Å². The zero-order chi connectivity index (χ0) is 15.7. The number of benzene rings is 1. The van der Waals surface area contributed by atoms with Crippen LogP contribution in [0.15, 0.2) is 22.7 Å². The molecule has 0 heterocycles. The van der Waals surface area contributed by atoms with Crippen molar-refractivity contribution in [3.05, 3.63) is 28.2 Å². The van der Waals surface area contributed by atoms with Gasteiger partial charge in [-0.2, -0.15) is 13.2 Å². The lowest BCUT2D eigenvalue weighted by atomic mass is 9.87. The van der Waals surface area contributed by atoms with Crippen LogP contribution in [0.2, 0.25) is 0 Å². The van der Waals surface area contributed by atoms with Gasteiger partial charge in [-0.1, -0.05) is 36.7 Å². The Kier molecular flexibility index (Phi) is 4.86. The average Bonchev–Trinajstić information content (AvgIpc) is 2.27. The summed E-state index contributed by atoms with van der Waals surface area (Å²) in [5, 5.41) is 2.25. The van der Waals surface area contributed by atoms with E-state index in [-0.39, 0.29) is 10.2 Å². The third kappa shape index (κ3) is 4.21. The lowest BCUT2D eigenvalue weighted by molar-refractivity contribution is -0.137. The molecule has 3 N–H and O–H groups in total. The van der Waals surface area contributed by atoms with Crippen molar-refractivity contribution in [1.29, 1.82) is 0 Å². The van der Waals surface area contributed by atoms with E-state index in [0.717, 1.165) is 6.07 Å². The van der Waals surface area contributed by atoms with E-state index in [0.29, 0.717) is 0 Å². The average molecular weight is 353 g/mol. The molecule has 0 spiro atoms. The van der Waals surface area contributed by atoms with Gasteiger partial charge in [-0.15, -0.1) is 0 Å². The maximum atomic E-state index is 12.9. The van der Waals surface area contributed by atoms with Crippen molar-refractivity contribution < 1.29 is 18.0 Å². The summed E-state index contributed by atoms with van der Waals surface area (Å²) in [6.45, 7) is 5.22. The molecule has 1 aromatic rings. The predicted molar refractivity (Wildman–Crippen MR) is 75.2 cm³/mol. The van der Waals surface area contributed by atoms with Gasteiger partial charge in [0, 0.05) is 4.47 Å². The van der Waals surface area contributed by atoms with Gasteiger partial charge in [-0.25, -0.2) is 0 Å². The van der Waals surface area contributed by atoms with Crippen LogP contribution in [0.25, 0.3) is 0 Å². The second-order valence-electron chi connectivity index (χ2n) is 5.52. The highest BCUT2D eigenvalue weighted by Gasteiger charge is 2.35. The van der Waals surface area contributed by atoms with E-state index < -0.39 is 29.1 Å². The number of alkyl halides is 3. The van der Waals surface area contributed by atoms with Crippen LogP contribution >= 0.6 is 15.9 Å². The predicted octanol–water partition coefficient (Wildman–Crippen LogP) is 3.78. The number of carbonyl (C=O) groups excluding carboxylic acids is 1. The number of hydrogen-bond donors (Lipinski definition) is 2. The fourth-order valence-corrected chi connectivity index (χ4v) is 1.82. The summed E-state index contributed by atoms with van der Waals surface area (Å²) in [5.41, 5.74) is 3.97. The van der Waals surface area contributed by atoms with Crippen LogP contribution in [0.3, 0.4) is 0 Å². The molecule has 0 saturated carbocycles. The van der Waals surface area contributed by atoms with Gasteiger partial charge in [0.15, 0.2) is 0 Å². The fraction of sp³-hybridized carbons (Fsp3) is 0.462. The minimum absolute atomic E-state index is 0.281. The highest BCUT2D eigenvalue weighted by Crippen LogP contribution is 2.36. The molecule has 3 nitrogen and oxygen atoms in total. The maximum Gasteiger partial charge on any atom is 0.418 e. The first-order valence-electron chi connectivity index (χ1n) is 5.86. The quantitative estimate of drug-likeness (QED) is 0.850. The van der Waals surface area contributed by atoms with E-state index in [1.54, 1.807) is 20.8 Å². The number of halogens is 4. The largest absolute Gasteiger partial charge is 0.418 e. The summed E-state index contributed by atoms with van der Waals surface area (Å²) >= 11 is 2.98. The number of nitrogens with two attached hydrogens (primary N) is 1. The molecule has 112 valence electrons. The Labute approximate surface area is 123 Å². The topological polar surface area (TPSA) is 55.1 Å². The molecule has 1 unspecified atom stereocenters. The Morgan fingerprint density at radius 2 is 1.85 bits per heavy atom. The highest BCUT2D eigenvalue weighted by molar-refractivity contribution is 9.10. The van der Waals surface area contributed by atoms with Gasteiger partial charge in [-0.3, -0.25) is 4.79 Å². The molecule has 0 saturated heterocycles. The first kappa shape index (κ1) is 17.0. The Morgan fingerprint density at radius 1 is 1.30 bits per heavy atom. The van der Waals surface area contributed by atoms with Gasteiger partial charge in [0.25, 0.3) is 0 Å². The zero-order valence-electron chi connectivity index (χ0n) is 11.3. The summed E-state index contributed by atoms with van der Waals surface area (Å²) in [7, 11) is 0. The number of nitrogens with one attached hydrogen (secondary N) is 1. The van der Waals surface area contributed by atoms with Gasteiger partial charge in [0.1, 0.15) is 0 Å². The maximum absolute atomic E-state index is 12.9. The molecule has 1 atom stereocenters. The van der Waals surface area contributed by atoms with Crippen molar-refractivity contribution in [2.24, 2.45) is 11.1 Å². The molecule has 0 aliphatic rings. The van der Waals surface area contributed by atoms with Crippen molar-refractivity contribution >= 4 is 27.5 Å². The third-order valence-electron chi connectivity index (χ3n) is 2.76. The molecule has 0 aromatic heterocycles. The summed E-state index contributed by atoms with van der Waals surface area (Å²) in [5.74, 6) is -0.648. The molecule has 0 radical (unpaired) electrons. The highest BCUT2D eigenvalue weighted by atomic mass is 79.9. The minimum atomic E-state index is -4.56. The monoisotopic (exact) mass is 352 g/mol. The van der Waals surface area contributed by atoms with Gasteiger partial charge >= 0.3 is 6.18 Å². The van der Waals surface area contributed by atoms with Gasteiger partial charge in [0.05, 0.1) is 17.3 Å². The van der Waals surface area contributed by atoms with Crippen LogP contribution in [0, 0.1) is 5.41 Å². The Morgan fingerprint density at radius 3 is 2.30 bits per heavy atom. The van der Waals surface area contributed by atoms with Gasteiger partial charge in [-0.05, 0) is 23.6 Å². The molecule has 0 aliphatic heterocycles. The van der Waals surface area contributed by atoms with E-state index in [2.05, 4.69) is 21.2 Å². The first-order valence-corrected chi connectivity index (χ1v) is 6.65. The van der Waals surface area contributed by atoms with E-state index in [1.165, 1.54) is 12.1 Å². The van der Waals surface area contributed by atoms with Crippen LogP contribution in [-0.2, 0) is 11.0 Å². The number of rotatable bonds is 2. The van der Waals surface area contributed by atoms with Crippen molar-refractivity contribution in [3.8, 4) is 0 Å². The molecule has 7 heteroatoms. The second-order valence-corrected chi connectivity index (χ2v) is 6.44. The molecular formula is C13H16BrF3N2O. The standard InChI is InChI=1S/C13H16BrF3N2O/c1-12(2,3)10(18)11(20)19-9-5-4-7(14)6-8(9)13(15,16)17/h4-6,10H,18H2,1-3H3,(H,19,20). The first-order chi connectivity index (χ1) is 8.93. The van der Waals surface area contributed by atoms with Gasteiger partial charge < -0.3 is 11.1 Å². The van der Waals surface area contributed by atoms with Crippen LogP contribution in [0.1, 0.15) is 26.3 Å². The summed E-state index contributed by atoms with van der Waals surface area (Å²) in [6.07, 6.45) is -4.56. The number of carbonyl (C=O) groups is 1.